The number of halogens is 5. The molecule has 0 bridgehead atoms. The van der Waals surface area contributed by atoms with Crippen molar-refractivity contribution < 1.29 is 40.0 Å². The highest BCUT2D eigenvalue weighted by molar-refractivity contribution is 7.90. The van der Waals surface area contributed by atoms with Crippen LogP contribution in [0.4, 0.5) is 22.0 Å². The van der Waals surface area contributed by atoms with Crippen LogP contribution in [0.5, 0.6) is 0 Å². The minimum absolute atomic E-state index is 0.0376. The number of nitrogens with one attached hydrogen (secondary N) is 1. The number of amides is 2. The first-order chi connectivity index (χ1) is 17.2. The number of carbonyl (C=O) groups is 2. The average Bonchev–Trinajstić information content (AvgIpc) is 3.57. The quantitative estimate of drug-likeness (QED) is 0.556. The third-order valence-corrected chi connectivity index (χ3v) is 7.66. The number of alkyl halides is 3. The van der Waals surface area contributed by atoms with E-state index >= 15 is 0 Å². The molecule has 1 aromatic heterocycles. The van der Waals surface area contributed by atoms with E-state index in [1.165, 1.54) is 11.1 Å². The van der Waals surface area contributed by atoms with E-state index in [2.05, 4.69) is 10.3 Å². The SMILES string of the molecule is C[C@@H]1C[C@H](C(=O)N[C@@H](c2cc(F)c(C(F)(F)F)cc2F)C2CC2)N(C(=O)c2cncc(S(C)(=O)=O)c2)C1. The van der Waals surface area contributed by atoms with Crippen LogP contribution in [0, 0.1) is 23.5 Å². The third-order valence-electron chi connectivity index (χ3n) is 6.58. The number of carbonyl (C=O) groups excluding carboxylic acids is 2. The molecule has 1 saturated carbocycles. The van der Waals surface area contributed by atoms with Gasteiger partial charge in [-0.1, -0.05) is 6.92 Å². The first-order valence-electron chi connectivity index (χ1n) is 11.5. The van der Waals surface area contributed by atoms with Crippen LogP contribution in [-0.4, -0.2) is 49.0 Å². The van der Waals surface area contributed by atoms with Crippen molar-refractivity contribution in [3.05, 3.63) is 58.9 Å². The lowest BCUT2D eigenvalue weighted by Gasteiger charge is -2.27. The molecular weight excluding hydrogens is 521 g/mol. The Kier molecular flexibility index (Phi) is 7.04. The molecule has 13 heteroatoms. The van der Waals surface area contributed by atoms with Gasteiger partial charge in [-0.3, -0.25) is 14.6 Å². The summed E-state index contributed by atoms with van der Waals surface area (Å²) in [6.45, 7) is 1.99. The zero-order valence-electron chi connectivity index (χ0n) is 19.9. The van der Waals surface area contributed by atoms with Gasteiger partial charge >= 0.3 is 6.18 Å². The summed E-state index contributed by atoms with van der Waals surface area (Å²) in [7, 11) is -3.64. The molecule has 2 aliphatic rings. The van der Waals surface area contributed by atoms with E-state index in [9.17, 15) is 40.0 Å². The van der Waals surface area contributed by atoms with Gasteiger partial charge in [-0.15, -0.1) is 0 Å². The molecule has 1 aliphatic carbocycles. The molecule has 7 nitrogen and oxygen atoms in total. The highest BCUT2D eigenvalue weighted by Gasteiger charge is 2.43. The molecule has 0 unspecified atom stereocenters. The van der Waals surface area contributed by atoms with Gasteiger partial charge < -0.3 is 10.2 Å². The van der Waals surface area contributed by atoms with Gasteiger partial charge in [-0.25, -0.2) is 17.2 Å². The van der Waals surface area contributed by atoms with Crippen molar-refractivity contribution >= 4 is 21.7 Å². The summed E-state index contributed by atoms with van der Waals surface area (Å²) in [4.78, 5) is 31.4. The second kappa shape index (κ2) is 9.66. The van der Waals surface area contributed by atoms with Crippen LogP contribution in [0.15, 0.2) is 35.5 Å². The minimum atomic E-state index is -5.08. The smallest absolute Gasteiger partial charge is 0.347 e. The predicted octanol–water partition coefficient (Wildman–Crippen LogP) is 3.90. The number of hydrogen-bond acceptors (Lipinski definition) is 5. The predicted molar refractivity (Wildman–Crippen MR) is 121 cm³/mol. The molecule has 2 fully saturated rings. The Hall–Kier alpha value is -3.09. The Morgan fingerprint density at radius 1 is 1.11 bits per heavy atom. The first kappa shape index (κ1) is 27.0. The molecule has 2 amide bonds. The summed E-state index contributed by atoms with van der Waals surface area (Å²) in [6, 6.07) is -0.373. The van der Waals surface area contributed by atoms with Crippen LogP contribution in [0.2, 0.25) is 0 Å². The van der Waals surface area contributed by atoms with Gasteiger partial charge in [0.2, 0.25) is 5.91 Å². The fourth-order valence-corrected chi connectivity index (χ4v) is 5.16. The van der Waals surface area contributed by atoms with Crippen LogP contribution in [0.3, 0.4) is 0 Å². The van der Waals surface area contributed by atoms with Crippen molar-refractivity contribution in [1.29, 1.82) is 0 Å². The molecule has 2 aromatic rings. The largest absolute Gasteiger partial charge is 0.419 e. The lowest BCUT2D eigenvalue weighted by molar-refractivity contribution is -0.140. The molecule has 1 aliphatic heterocycles. The number of pyridine rings is 1. The van der Waals surface area contributed by atoms with Gasteiger partial charge in [0.25, 0.3) is 5.91 Å². The minimum Gasteiger partial charge on any atom is -0.347 e. The fourth-order valence-electron chi connectivity index (χ4n) is 4.57. The van der Waals surface area contributed by atoms with Crippen LogP contribution in [-0.2, 0) is 20.8 Å². The first-order valence-corrected chi connectivity index (χ1v) is 13.4. The molecule has 1 aromatic carbocycles. The van der Waals surface area contributed by atoms with Gasteiger partial charge in [-0.2, -0.15) is 13.2 Å². The topological polar surface area (TPSA) is 96.4 Å². The Morgan fingerprint density at radius 3 is 2.38 bits per heavy atom. The summed E-state index contributed by atoms with van der Waals surface area (Å²) < 4.78 is 91.6. The summed E-state index contributed by atoms with van der Waals surface area (Å²) in [5, 5.41) is 2.62. The number of hydrogen-bond donors (Lipinski definition) is 1. The van der Waals surface area contributed by atoms with E-state index in [1.54, 1.807) is 0 Å². The molecule has 3 atom stereocenters. The molecule has 0 spiro atoms. The molecule has 0 radical (unpaired) electrons. The van der Waals surface area contributed by atoms with Crippen LogP contribution < -0.4 is 5.32 Å². The Labute approximate surface area is 210 Å². The monoisotopic (exact) mass is 545 g/mol. The van der Waals surface area contributed by atoms with Crippen molar-refractivity contribution in [1.82, 2.24) is 15.2 Å². The molecule has 200 valence electrons. The van der Waals surface area contributed by atoms with E-state index in [0.717, 1.165) is 18.5 Å². The second-order valence-electron chi connectivity index (χ2n) is 9.67. The molecule has 2 heterocycles. The van der Waals surface area contributed by atoms with Gasteiger partial charge in [0.15, 0.2) is 9.84 Å². The normalized spacial score (nSPS) is 21.1. The number of aromatic nitrogens is 1. The standard InChI is InChI=1S/C24H24F5N3O4S/c1-12-5-20(32(11-12)23(34)14-6-15(10-30-9-14)37(2,35)36)22(33)31-21(13-3-4-13)16-7-19(26)17(8-18(16)25)24(27,28)29/h6-10,12-13,20-21H,3-5,11H2,1-2H3,(H,31,33)/t12-,20-,21-/m1/s1. The van der Waals surface area contributed by atoms with Crippen molar-refractivity contribution in [2.75, 3.05) is 12.8 Å². The van der Waals surface area contributed by atoms with Crippen molar-refractivity contribution in [3.63, 3.8) is 0 Å². The maximum atomic E-state index is 14.7. The fraction of sp³-hybridized carbons (Fsp3) is 0.458. The number of likely N-dealkylation sites (tertiary alicyclic amines) is 1. The second-order valence-corrected chi connectivity index (χ2v) is 11.7. The van der Waals surface area contributed by atoms with Gasteiger partial charge in [0.1, 0.15) is 17.7 Å². The Balaban J connectivity index is 1.59. The highest BCUT2D eigenvalue weighted by atomic mass is 32.2. The van der Waals surface area contributed by atoms with Gasteiger partial charge in [0, 0.05) is 30.8 Å². The summed E-state index contributed by atoms with van der Waals surface area (Å²) in [5.41, 5.74) is -2.17. The Bertz CT molecular complexity index is 1340. The van der Waals surface area contributed by atoms with Crippen LogP contribution in [0.1, 0.15) is 53.7 Å². The maximum absolute atomic E-state index is 14.7. The summed E-state index contributed by atoms with van der Waals surface area (Å²) in [5.74, 6) is -4.63. The van der Waals surface area contributed by atoms with Gasteiger partial charge in [-0.05, 0) is 49.3 Å². The van der Waals surface area contributed by atoms with Crippen molar-refractivity contribution in [3.8, 4) is 0 Å². The Morgan fingerprint density at radius 2 is 1.78 bits per heavy atom. The molecule has 1 saturated heterocycles. The van der Waals surface area contributed by atoms with Crippen LogP contribution >= 0.6 is 0 Å². The average molecular weight is 546 g/mol. The summed E-state index contributed by atoms with van der Waals surface area (Å²) in [6.07, 6.45) is -0.470. The van der Waals surface area contributed by atoms with E-state index in [0.29, 0.717) is 18.9 Å². The maximum Gasteiger partial charge on any atom is 0.419 e. The lowest BCUT2D eigenvalue weighted by atomic mass is 9.98. The molecule has 1 N–H and O–H groups in total. The van der Waals surface area contributed by atoms with E-state index in [4.69, 9.17) is 0 Å². The zero-order chi connectivity index (χ0) is 27.3. The van der Waals surface area contributed by atoms with Crippen molar-refractivity contribution in [2.24, 2.45) is 11.8 Å². The summed E-state index contributed by atoms with van der Waals surface area (Å²) >= 11 is 0. The molecular formula is C24H24F5N3O4S. The number of sulfone groups is 1. The highest BCUT2D eigenvalue weighted by Crippen LogP contribution is 2.43. The van der Waals surface area contributed by atoms with Gasteiger partial charge in [0.05, 0.1) is 22.1 Å². The van der Waals surface area contributed by atoms with Crippen molar-refractivity contribution in [2.45, 2.75) is 49.3 Å². The molecule has 37 heavy (non-hydrogen) atoms. The molecule has 4 rings (SSSR count). The van der Waals surface area contributed by atoms with E-state index in [-0.39, 0.29) is 41.3 Å². The van der Waals surface area contributed by atoms with Crippen LogP contribution in [0.25, 0.3) is 0 Å². The number of rotatable bonds is 6. The van der Waals surface area contributed by atoms with E-state index < -0.39 is 62.7 Å². The zero-order valence-corrected chi connectivity index (χ0v) is 20.7. The number of benzene rings is 1. The van der Waals surface area contributed by atoms with E-state index in [1.807, 2.05) is 6.92 Å². The number of nitrogens with zero attached hydrogens (tertiary/aromatic N) is 2. The lowest BCUT2D eigenvalue weighted by Crippen LogP contribution is -2.47. The third kappa shape index (κ3) is 5.76.